The molecule has 2 amide bonds. The minimum Gasteiger partial charge on any atom is -0.459 e. The summed E-state index contributed by atoms with van der Waals surface area (Å²) in [6.45, 7) is 2.46. The summed E-state index contributed by atoms with van der Waals surface area (Å²) in [5, 5.41) is 0. The van der Waals surface area contributed by atoms with Gasteiger partial charge in [-0.1, -0.05) is 6.07 Å². The standard InChI is InChI=1S/C20H20N2O5/c23-19(15-11-14(15)13-3-4-16-18(10-13)27-12-26-16)21-5-7-22(8-6-21)20(24)17-2-1-9-25-17/h1-4,9-10,14-15H,5-8,11-12H2/t14?,15-/m1/s1. The average Bonchev–Trinajstić information content (AvgIpc) is 3.09. The molecular formula is C20H20N2O5. The van der Waals surface area contributed by atoms with Gasteiger partial charge in [-0.05, 0) is 42.2 Å². The van der Waals surface area contributed by atoms with Crippen molar-refractivity contribution in [3.8, 4) is 11.5 Å². The van der Waals surface area contributed by atoms with Gasteiger partial charge in [0.05, 0.1) is 6.26 Å². The fraction of sp³-hybridized carbons (Fsp3) is 0.400. The van der Waals surface area contributed by atoms with Crippen LogP contribution in [0.1, 0.15) is 28.5 Å². The van der Waals surface area contributed by atoms with Gasteiger partial charge in [0.2, 0.25) is 12.7 Å². The number of furan rings is 1. The molecule has 2 aromatic rings. The number of amides is 2. The Morgan fingerprint density at radius 3 is 2.52 bits per heavy atom. The number of rotatable bonds is 3. The Hall–Kier alpha value is -2.96. The molecule has 3 heterocycles. The number of hydrogen-bond acceptors (Lipinski definition) is 5. The Morgan fingerprint density at radius 1 is 0.963 bits per heavy atom. The molecule has 1 saturated heterocycles. The zero-order valence-electron chi connectivity index (χ0n) is 14.8. The van der Waals surface area contributed by atoms with Crippen molar-refractivity contribution in [2.75, 3.05) is 33.0 Å². The first-order valence-electron chi connectivity index (χ1n) is 9.22. The summed E-state index contributed by atoms with van der Waals surface area (Å²) in [7, 11) is 0. The maximum atomic E-state index is 12.8. The van der Waals surface area contributed by atoms with Gasteiger partial charge in [-0.3, -0.25) is 9.59 Å². The van der Waals surface area contributed by atoms with Gasteiger partial charge in [0.1, 0.15) is 0 Å². The molecule has 27 heavy (non-hydrogen) atoms. The molecule has 140 valence electrons. The smallest absolute Gasteiger partial charge is 0.289 e. The zero-order chi connectivity index (χ0) is 18.4. The molecule has 1 aromatic heterocycles. The second kappa shape index (κ2) is 6.33. The molecule has 2 atom stereocenters. The molecule has 2 aliphatic heterocycles. The third kappa shape index (κ3) is 2.93. The van der Waals surface area contributed by atoms with Crippen LogP contribution in [0.25, 0.3) is 0 Å². The predicted octanol–water partition coefficient (Wildman–Crippen LogP) is 2.10. The summed E-state index contributed by atoms with van der Waals surface area (Å²) in [6.07, 6.45) is 2.36. The second-order valence-electron chi connectivity index (χ2n) is 7.16. The third-order valence-electron chi connectivity index (χ3n) is 5.54. The first kappa shape index (κ1) is 16.2. The second-order valence-corrected chi connectivity index (χ2v) is 7.16. The van der Waals surface area contributed by atoms with E-state index in [1.165, 1.54) is 6.26 Å². The third-order valence-corrected chi connectivity index (χ3v) is 5.54. The molecule has 1 aliphatic carbocycles. The fourth-order valence-corrected chi connectivity index (χ4v) is 3.90. The van der Waals surface area contributed by atoms with Crippen molar-refractivity contribution in [1.29, 1.82) is 0 Å². The number of fused-ring (bicyclic) bond motifs is 1. The number of benzene rings is 1. The van der Waals surface area contributed by atoms with E-state index in [1.807, 2.05) is 23.1 Å². The maximum absolute atomic E-state index is 12.8. The van der Waals surface area contributed by atoms with E-state index in [1.54, 1.807) is 17.0 Å². The highest BCUT2D eigenvalue weighted by atomic mass is 16.7. The fourth-order valence-electron chi connectivity index (χ4n) is 3.90. The van der Waals surface area contributed by atoms with Crippen molar-refractivity contribution in [2.24, 2.45) is 5.92 Å². The van der Waals surface area contributed by atoms with Crippen molar-refractivity contribution in [1.82, 2.24) is 9.80 Å². The lowest BCUT2D eigenvalue weighted by Gasteiger charge is -2.34. The molecule has 0 radical (unpaired) electrons. The van der Waals surface area contributed by atoms with Crippen LogP contribution in [0, 0.1) is 5.92 Å². The van der Waals surface area contributed by atoms with E-state index in [0.717, 1.165) is 23.5 Å². The average molecular weight is 368 g/mol. The van der Waals surface area contributed by atoms with Gasteiger partial charge >= 0.3 is 0 Å². The minimum absolute atomic E-state index is 0.0256. The van der Waals surface area contributed by atoms with Crippen LogP contribution in [-0.4, -0.2) is 54.6 Å². The topological polar surface area (TPSA) is 72.2 Å². The van der Waals surface area contributed by atoms with E-state index in [-0.39, 0.29) is 30.4 Å². The molecule has 1 saturated carbocycles. The molecule has 1 aromatic carbocycles. The Morgan fingerprint density at radius 2 is 1.74 bits per heavy atom. The van der Waals surface area contributed by atoms with Gasteiger partial charge in [-0.25, -0.2) is 0 Å². The number of nitrogens with zero attached hydrogens (tertiary/aromatic N) is 2. The first-order chi connectivity index (χ1) is 13.2. The molecular weight excluding hydrogens is 348 g/mol. The van der Waals surface area contributed by atoms with E-state index in [9.17, 15) is 9.59 Å². The molecule has 2 fully saturated rings. The van der Waals surface area contributed by atoms with Crippen molar-refractivity contribution < 1.29 is 23.5 Å². The monoisotopic (exact) mass is 368 g/mol. The maximum Gasteiger partial charge on any atom is 0.289 e. The highest BCUT2D eigenvalue weighted by Crippen LogP contribution is 2.50. The van der Waals surface area contributed by atoms with Crippen molar-refractivity contribution >= 4 is 11.8 Å². The molecule has 7 heteroatoms. The van der Waals surface area contributed by atoms with Gasteiger partial charge in [0, 0.05) is 32.1 Å². The van der Waals surface area contributed by atoms with Crippen LogP contribution in [0.3, 0.4) is 0 Å². The largest absolute Gasteiger partial charge is 0.459 e. The van der Waals surface area contributed by atoms with E-state index in [4.69, 9.17) is 13.9 Å². The number of ether oxygens (including phenoxy) is 2. The lowest BCUT2D eigenvalue weighted by molar-refractivity contribution is -0.134. The SMILES string of the molecule is O=C(c1ccco1)N1CCN(C(=O)[C@@H]2CC2c2ccc3c(c2)OCO3)CC1. The lowest BCUT2D eigenvalue weighted by atomic mass is 10.1. The van der Waals surface area contributed by atoms with Crippen LogP contribution in [0.5, 0.6) is 11.5 Å². The van der Waals surface area contributed by atoms with Crippen molar-refractivity contribution in [3.05, 3.63) is 47.9 Å². The molecule has 0 bridgehead atoms. The summed E-state index contributed by atoms with van der Waals surface area (Å²) < 4.78 is 15.9. The van der Waals surface area contributed by atoms with E-state index in [2.05, 4.69) is 0 Å². The first-order valence-corrected chi connectivity index (χ1v) is 9.22. The normalized spacial score (nSPS) is 23.4. The van der Waals surface area contributed by atoms with Crippen LogP contribution in [0.4, 0.5) is 0 Å². The van der Waals surface area contributed by atoms with Gasteiger partial charge in [0.15, 0.2) is 17.3 Å². The number of piperazine rings is 1. The molecule has 0 spiro atoms. The Bertz CT molecular complexity index is 871. The number of hydrogen-bond donors (Lipinski definition) is 0. The summed E-state index contributed by atoms with van der Waals surface area (Å²) in [5.74, 6) is 2.21. The molecule has 0 N–H and O–H groups in total. The van der Waals surface area contributed by atoms with E-state index in [0.29, 0.717) is 31.9 Å². The van der Waals surface area contributed by atoms with Crippen LogP contribution in [0.2, 0.25) is 0 Å². The predicted molar refractivity (Wildman–Crippen MR) is 94.6 cm³/mol. The Kier molecular flexibility index (Phi) is 3.81. The number of carbonyl (C=O) groups excluding carboxylic acids is 2. The van der Waals surface area contributed by atoms with Crippen LogP contribution in [0.15, 0.2) is 41.0 Å². The van der Waals surface area contributed by atoms with E-state index >= 15 is 0 Å². The Balaban J connectivity index is 1.18. The van der Waals surface area contributed by atoms with Crippen LogP contribution >= 0.6 is 0 Å². The quantitative estimate of drug-likeness (QED) is 0.830. The summed E-state index contributed by atoms with van der Waals surface area (Å²) in [4.78, 5) is 28.8. The van der Waals surface area contributed by atoms with Gasteiger partial charge in [-0.15, -0.1) is 0 Å². The van der Waals surface area contributed by atoms with Crippen molar-refractivity contribution in [2.45, 2.75) is 12.3 Å². The van der Waals surface area contributed by atoms with Gasteiger partial charge < -0.3 is 23.7 Å². The lowest BCUT2D eigenvalue weighted by Crippen LogP contribution is -2.51. The van der Waals surface area contributed by atoms with Crippen LogP contribution in [-0.2, 0) is 4.79 Å². The summed E-state index contributed by atoms with van der Waals surface area (Å²) in [6, 6.07) is 9.29. The highest BCUT2D eigenvalue weighted by Gasteiger charge is 2.46. The van der Waals surface area contributed by atoms with E-state index < -0.39 is 0 Å². The number of carbonyl (C=O) groups is 2. The van der Waals surface area contributed by atoms with Gasteiger partial charge in [-0.2, -0.15) is 0 Å². The minimum atomic E-state index is -0.114. The van der Waals surface area contributed by atoms with Crippen LogP contribution < -0.4 is 9.47 Å². The van der Waals surface area contributed by atoms with Gasteiger partial charge in [0.25, 0.3) is 5.91 Å². The Labute approximate surface area is 156 Å². The zero-order valence-corrected chi connectivity index (χ0v) is 14.8. The molecule has 1 unspecified atom stereocenters. The van der Waals surface area contributed by atoms with Crippen molar-refractivity contribution in [3.63, 3.8) is 0 Å². The summed E-state index contributed by atoms with van der Waals surface area (Å²) >= 11 is 0. The highest BCUT2D eigenvalue weighted by molar-refractivity contribution is 5.91. The molecule has 7 nitrogen and oxygen atoms in total. The molecule has 5 rings (SSSR count). The molecule has 3 aliphatic rings. The summed E-state index contributed by atoms with van der Waals surface area (Å²) in [5.41, 5.74) is 1.13.